The van der Waals surface area contributed by atoms with Crippen LogP contribution in [0.4, 0.5) is 0 Å². The maximum atomic E-state index is 12.8. The van der Waals surface area contributed by atoms with E-state index in [-0.39, 0.29) is 38.6 Å². The maximum absolute atomic E-state index is 12.8. The van der Waals surface area contributed by atoms with E-state index in [1.165, 1.54) is 250 Å². The second-order valence-electron chi connectivity index (χ2n) is 23.7. The quantitative estimate of drug-likeness (QED) is 0.0264. The van der Waals surface area contributed by atoms with E-state index in [2.05, 4.69) is 86.8 Å². The molecule has 0 spiro atoms. The molecule has 0 aliphatic heterocycles. The Morgan fingerprint density at radius 2 is 0.663 bits per heavy atom. The molecular formula is C73H134NO8P. The number of nitrogens with two attached hydrogens (primary N) is 1. The highest BCUT2D eigenvalue weighted by atomic mass is 31.2. The molecule has 0 aromatic rings. The summed E-state index contributed by atoms with van der Waals surface area (Å²) in [7, 11) is -4.39. The highest BCUT2D eigenvalue weighted by molar-refractivity contribution is 7.47. The maximum Gasteiger partial charge on any atom is 0.472 e. The smallest absolute Gasteiger partial charge is 0.462 e. The summed E-state index contributed by atoms with van der Waals surface area (Å²) in [4.78, 5) is 35.3. The predicted octanol–water partition coefficient (Wildman–Crippen LogP) is 23.2. The number of phosphoric acid groups is 1. The van der Waals surface area contributed by atoms with Crippen molar-refractivity contribution in [1.82, 2.24) is 0 Å². The lowest BCUT2D eigenvalue weighted by Crippen LogP contribution is -2.29. The van der Waals surface area contributed by atoms with Crippen molar-refractivity contribution in [3.63, 3.8) is 0 Å². The van der Waals surface area contributed by atoms with Gasteiger partial charge in [-0.1, -0.05) is 324 Å². The normalized spacial score (nSPS) is 13.3. The number of carbonyl (C=O) groups is 2. The Morgan fingerprint density at radius 3 is 0.988 bits per heavy atom. The van der Waals surface area contributed by atoms with Gasteiger partial charge in [0.05, 0.1) is 13.2 Å². The molecule has 2 unspecified atom stereocenters. The van der Waals surface area contributed by atoms with Crippen LogP contribution < -0.4 is 5.73 Å². The zero-order valence-corrected chi connectivity index (χ0v) is 55.3. The van der Waals surface area contributed by atoms with E-state index in [0.717, 1.165) is 64.2 Å². The summed E-state index contributed by atoms with van der Waals surface area (Å²) in [5.41, 5.74) is 5.40. The number of ether oxygens (including phenoxy) is 2. The molecule has 10 heteroatoms. The van der Waals surface area contributed by atoms with Gasteiger partial charge < -0.3 is 20.1 Å². The van der Waals surface area contributed by atoms with Crippen molar-refractivity contribution >= 4 is 19.8 Å². The number of rotatable bonds is 67. The zero-order valence-electron chi connectivity index (χ0n) is 54.4. The molecular weight excluding hydrogens is 1050 g/mol. The predicted molar refractivity (Wildman–Crippen MR) is 358 cm³/mol. The highest BCUT2D eigenvalue weighted by Crippen LogP contribution is 2.43. The van der Waals surface area contributed by atoms with Crippen LogP contribution in [0.5, 0.6) is 0 Å². The Morgan fingerprint density at radius 1 is 0.373 bits per heavy atom. The van der Waals surface area contributed by atoms with Crippen LogP contribution in [0.15, 0.2) is 72.9 Å². The van der Waals surface area contributed by atoms with Crippen LogP contribution in [0.1, 0.15) is 348 Å². The number of allylic oxidation sites excluding steroid dienone is 12. The summed E-state index contributed by atoms with van der Waals surface area (Å²) in [5.74, 6) is -0.814. The molecule has 484 valence electrons. The van der Waals surface area contributed by atoms with Gasteiger partial charge in [-0.05, 0) is 83.5 Å². The van der Waals surface area contributed by atoms with Gasteiger partial charge >= 0.3 is 19.8 Å². The summed E-state index contributed by atoms with van der Waals surface area (Å²) in [6, 6.07) is 0. The van der Waals surface area contributed by atoms with Gasteiger partial charge in [-0.25, -0.2) is 4.57 Å². The summed E-state index contributed by atoms with van der Waals surface area (Å²) >= 11 is 0. The molecule has 0 fully saturated rings. The van der Waals surface area contributed by atoms with Crippen molar-refractivity contribution in [2.75, 3.05) is 26.4 Å². The van der Waals surface area contributed by atoms with E-state index >= 15 is 0 Å². The molecule has 83 heavy (non-hydrogen) atoms. The molecule has 2 atom stereocenters. The third kappa shape index (κ3) is 68.4. The SMILES string of the molecule is CC/C=C\C/C=C\C/C=C\C/C=C\CCCCCCCCCCCCCCCCCCCCCCCCCCCCC(=O)OC(COC(=O)CCCCCCCCCCCCC/C=C\C/C=C\CCCCCCC)COP(=O)(O)OCCN. The van der Waals surface area contributed by atoms with E-state index in [1.807, 2.05) is 0 Å². The fraction of sp³-hybridized carbons (Fsp3) is 0.808. The minimum Gasteiger partial charge on any atom is -0.462 e. The third-order valence-electron chi connectivity index (χ3n) is 15.6. The van der Waals surface area contributed by atoms with E-state index in [1.54, 1.807) is 0 Å². The first-order valence-corrected chi connectivity index (χ1v) is 36.9. The van der Waals surface area contributed by atoms with Crippen molar-refractivity contribution in [2.45, 2.75) is 354 Å². The minimum absolute atomic E-state index is 0.0537. The molecule has 0 bridgehead atoms. The topological polar surface area (TPSA) is 134 Å². The minimum atomic E-state index is -4.39. The number of esters is 2. The number of hydrogen-bond acceptors (Lipinski definition) is 8. The Balaban J connectivity index is 3.79. The molecule has 0 aliphatic rings. The van der Waals surface area contributed by atoms with Crippen LogP contribution in [0.3, 0.4) is 0 Å². The first-order chi connectivity index (χ1) is 40.8. The summed E-state index contributed by atoms with van der Waals surface area (Å²) in [6.07, 6.45) is 90.1. The molecule has 0 saturated heterocycles. The average Bonchev–Trinajstić information content (AvgIpc) is 3.48. The second kappa shape index (κ2) is 68.6. The molecule has 0 aromatic heterocycles. The van der Waals surface area contributed by atoms with Crippen LogP contribution in [0.2, 0.25) is 0 Å². The second-order valence-corrected chi connectivity index (χ2v) is 25.2. The third-order valence-corrected chi connectivity index (χ3v) is 16.6. The number of hydrogen-bond donors (Lipinski definition) is 2. The van der Waals surface area contributed by atoms with Crippen molar-refractivity contribution in [2.24, 2.45) is 5.73 Å². The molecule has 0 amide bonds. The molecule has 0 rings (SSSR count). The Bertz CT molecular complexity index is 1590. The van der Waals surface area contributed by atoms with Gasteiger partial charge in [0.1, 0.15) is 6.61 Å². The lowest BCUT2D eigenvalue weighted by molar-refractivity contribution is -0.161. The van der Waals surface area contributed by atoms with Crippen LogP contribution in [-0.4, -0.2) is 49.3 Å². The van der Waals surface area contributed by atoms with Crippen LogP contribution in [-0.2, 0) is 32.7 Å². The van der Waals surface area contributed by atoms with E-state index < -0.39 is 26.5 Å². The summed E-state index contributed by atoms with van der Waals surface area (Å²) in [5, 5.41) is 0. The number of phosphoric ester groups is 1. The van der Waals surface area contributed by atoms with Gasteiger partial charge in [-0.3, -0.25) is 18.6 Å². The monoisotopic (exact) mass is 1180 g/mol. The summed E-state index contributed by atoms with van der Waals surface area (Å²) in [6.45, 7) is 3.67. The van der Waals surface area contributed by atoms with Gasteiger partial charge in [0.15, 0.2) is 6.10 Å². The Labute approximate surface area is 513 Å². The van der Waals surface area contributed by atoms with Crippen molar-refractivity contribution in [3.8, 4) is 0 Å². The van der Waals surface area contributed by atoms with Gasteiger partial charge in [-0.15, -0.1) is 0 Å². The Hall–Kier alpha value is -2.55. The molecule has 0 radical (unpaired) electrons. The lowest BCUT2D eigenvalue weighted by Gasteiger charge is -2.19. The van der Waals surface area contributed by atoms with Gasteiger partial charge in [0.25, 0.3) is 0 Å². The standard InChI is InChI=1S/C73H134NO8P/c1-3-5-7-9-11-13-15-17-19-21-23-25-27-28-29-30-31-32-33-34-35-36-37-38-39-40-41-42-44-46-48-50-52-54-56-58-60-62-64-66-73(76)82-71(70-81-83(77,78)80-68-67-74)69-79-72(75)65-63-61-59-57-55-53-51-49-47-45-43-26-24-22-20-18-16-14-12-10-8-6-4-2/h5,7,11,13,16-19,22-25,71H,3-4,6,8-10,12,14-15,20-21,26-70,74H2,1-2H3,(H,77,78)/b7-5-,13-11-,18-16-,19-17-,24-22-,25-23-. The summed E-state index contributed by atoms with van der Waals surface area (Å²) < 4.78 is 33.2. The molecule has 9 nitrogen and oxygen atoms in total. The first kappa shape index (κ1) is 80.5. The lowest BCUT2D eigenvalue weighted by atomic mass is 10.0. The van der Waals surface area contributed by atoms with E-state index in [4.69, 9.17) is 24.3 Å². The fourth-order valence-corrected chi connectivity index (χ4v) is 11.1. The molecule has 0 saturated carbocycles. The Kier molecular flexibility index (Phi) is 66.5. The molecule has 0 heterocycles. The van der Waals surface area contributed by atoms with Gasteiger partial charge in [0, 0.05) is 19.4 Å². The van der Waals surface area contributed by atoms with Crippen molar-refractivity contribution < 1.29 is 37.6 Å². The van der Waals surface area contributed by atoms with Crippen molar-refractivity contribution in [1.29, 1.82) is 0 Å². The van der Waals surface area contributed by atoms with E-state index in [9.17, 15) is 19.0 Å². The van der Waals surface area contributed by atoms with Crippen LogP contribution >= 0.6 is 7.82 Å². The largest absolute Gasteiger partial charge is 0.472 e. The first-order valence-electron chi connectivity index (χ1n) is 35.4. The van der Waals surface area contributed by atoms with Crippen LogP contribution in [0.25, 0.3) is 0 Å². The number of carbonyl (C=O) groups excluding carboxylic acids is 2. The fourth-order valence-electron chi connectivity index (χ4n) is 10.4. The zero-order chi connectivity index (χ0) is 60.1. The van der Waals surface area contributed by atoms with Crippen LogP contribution in [0, 0.1) is 0 Å². The molecule has 0 aromatic carbocycles. The molecule has 3 N–H and O–H groups in total. The molecule has 0 aliphatic carbocycles. The highest BCUT2D eigenvalue weighted by Gasteiger charge is 2.26. The van der Waals surface area contributed by atoms with Crippen molar-refractivity contribution in [3.05, 3.63) is 72.9 Å². The van der Waals surface area contributed by atoms with Gasteiger partial charge in [0.2, 0.25) is 0 Å². The van der Waals surface area contributed by atoms with E-state index in [0.29, 0.717) is 6.42 Å². The number of unbranched alkanes of at least 4 members (excludes halogenated alkanes) is 42. The average molecular weight is 1180 g/mol. The van der Waals surface area contributed by atoms with Gasteiger partial charge in [-0.2, -0.15) is 0 Å².